The fourth-order valence-corrected chi connectivity index (χ4v) is 5.04. The molecular weight excluding hydrogens is 442 g/mol. The van der Waals surface area contributed by atoms with Crippen molar-refractivity contribution in [2.45, 2.75) is 19.9 Å². The number of hydrogen-bond acceptors (Lipinski definition) is 5. The van der Waals surface area contributed by atoms with Crippen LogP contribution in [0.1, 0.15) is 27.5 Å². The second-order valence-electron chi connectivity index (χ2n) is 7.86. The number of amides is 1. The van der Waals surface area contributed by atoms with Crippen molar-refractivity contribution in [1.29, 1.82) is 0 Å². The van der Waals surface area contributed by atoms with Crippen LogP contribution in [0.2, 0.25) is 0 Å². The van der Waals surface area contributed by atoms with E-state index in [0.717, 1.165) is 50.0 Å². The molecule has 0 atom stereocenters. The molecule has 0 aliphatic rings. The van der Waals surface area contributed by atoms with Crippen molar-refractivity contribution in [1.82, 2.24) is 19.5 Å². The molecule has 3 aromatic heterocycles. The molecule has 6 nitrogen and oxygen atoms in total. The van der Waals surface area contributed by atoms with E-state index in [4.69, 9.17) is 4.98 Å². The van der Waals surface area contributed by atoms with Crippen LogP contribution in [0.5, 0.6) is 0 Å². The standard InChI is InChI=1S/C27H23N5OS/c1-20-24(17-29-31(19-33)18-21-10-4-2-5-11-21)26-27(32(20)23-13-6-3-7-14-23)30-25(34-26)16-22-12-8-9-15-28-22/h2-15,17,19H,16,18H2,1H3/b29-17-. The number of pyridine rings is 1. The summed E-state index contributed by atoms with van der Waals surface area (Å²) < 4.78 is 3.19. The van der Waals surface area contributed by atoms with E-state index in [2.05, 4.69) is 33.7 Å². The average molecular weight is 466 g/mol. The molecule has 0 radical (unpaired) electrons. The normalized spacial score (nSPS) is 11.3. The Balaban J connectivity index is 1.55. The molecule has 2 aromatic carbocycles. The number of nitrogens with zero attached hydrogens (tertiary/aromatic N) is 5. The second-order valence-corrected chi connectivity index (χ2v) is 8.95. The number of benzene rings is 2. The molecule has 0 N–H and O–H groups in total. The first-order chi connectivity index (χ1) is 16.7. The maximum Gasteiger partial charge on any atom is 0.230 e. The van der Waals surface area contributed by atoms with E-state index >= 15 is 0 Å². The number of carbonyl (C=O) groups is 1. The molecule has 3 heterocycles. The zero-order valence-electron chi connectivity index (χ0n) is 18.7. The van der Waals surface area contributed by atoms with Gasteiger partial charge in [-0.2, -0.15) is 5.10 Å². The Morgan fingerprint density at radius 1 is 1.00 bits per heavy atom. The van der Waals surface area contributed by atoms with Crippen molar-refractivity contribution in [3.63, 3.8) is 0 Å². The van der Waals surface area contributed by atoms with E-state index in [-0.39, 0.29) is 0 Å². The molecule has 5 aromatic rings. The minimum Gasteiger partial charge on any atom is -0.297 e. The van der Waals surface area contributed by atoms with Gasteiger partial charge in [0.05, 0.1) is 17.5 Å². The lowest BCUT2D eigenvalue weighted by molar-refractivity contribution is -0.118. The van der Waals surface area contributed by atoms with Gasteiger partial charge >= 0.3 is 0 Å². The van der Waals surface area contributed by atoms with Crippen LogP contribution in [0.15, 0.2) is 90.2 Å². The zero-order valence-corrected chi connectivity index (χ0v) is 19.5. The maximum absolute atomic E-state index is 11.7. The van der Waals surface area contributed by atoms with Crippen molar-refractivity contribution >= 4 is 34.3 Å². The number of carbonyl (C=O) groups excluding carboxylic acids is 1. The summed E-state index contributed by atoms with van der Waals surface area (Å²) in [5.74, 6) is 0. The van der Waals surface area contributed by atoms with Gasteiger partial charge < -0.3 is 0 Å². The summed E-state index contributed by atoms with van der Waals surface area (Å²) in [6.07, 6.45) is 5.00. The fourth-order valence-electron chi connectivity index (χ4n) is 3.91. The van der Waals surface area contributed by atoms with Crippen molar-refractivity contribution in [2.24, 2.45) is 5.10 Å². The average Bonchev–Trinajstić information content (AvgIpc) is 3.38. The van der Waals surface area contributed by atoms with E-state index in [1.165, 1.54) is 5.01 Å². The monoisotopic (exact) mass is 465 g/mol. The highest BCUT2D eigenvalue weighted by molar-refractivity contribution is 7.19. The molecule has 1 amide bonds. The number of thiazole rings is 1. The Morgan fingerprint density at radius 2 is 1.74 bits per heavy atom. The molecule has 34 heavy (non-hydrogen) atoms. The van der Waals surface area contributed by atoms with Crippen LogP contribution in [0.3, 0.4) is 0 Å². The Hall–Kier alpha value is -4.10. The van der Waals surface area contributed by atoms with E-state index in [1.807, 2.05) is 66.7 Å². The largest absolute Gasteiger partial charge is 0.297 e. The fraction of sp³-hybridized carbons (Fsp3) is 0.111. The van der Waals surface area contributed by atoms with Gasteiger partial charge in [0.1, 0.15) is 5.01 Å². The Bertz CT molecular complexity index is 1430. The van der Waals surface area contributed by atoms with Crippen LogP contribution in [-0.4, -0.2) is 32.2 Å². The van der Waals surface area contributed by atoms with Gasteiger partial charge in [-0.15, -0.1) is 11.3 Å². The summed E-state index contributed by atoms with van der Waals surface area (Å²) in [7, 11) is 0. The van der Waals surface area contributed by atoms with Crippen molar-refractivity contribution in [2.75, 3.05) is 0 Å². The summed E-state index contributed by atoms with van der Waals surface area (Å²) in [4.78, 5) is 21.1. The Labute approximate surface area is 201 Å². The molecule has 0 fully saturated rings. The molecule has 5 rings (SSSR count). The van der Waals surface area contributed by atoms with Crippen LogP contribution in [0.25, 0.3) is 16.0 Å². The first-order valence-electron chi connectivity index (χ1n) is 11.0. The van der Waals surface area contributed by atoms with Crippen LogP contribution in [0, 0.1) is 6.92 Å². The molecule has 0 saturated heterocycles. The van der Waals surface area contributed by atoms with Gasteiger partial charge in [-0.05, 0) is 36.8 Å². The zero-order chi connectivity index (χ0) is 23.3. The Morgan fingerprint density at radius 3 is 2.44 bits per heavy atom. The van der Waals surface area contributed by atoms with Gasteiger partial charge in [-0.1, -0.05) is 54.6 Å². The molecule has 0 aliphatic heterocycles. The molecule has 7 heteroatoms. The van der Waals surface area contributed by atoms with Crippen LogP contribution >= 0.6 is 11.3 Å². The molecule has 0 spiro atoms. The summed E-state index contributed by atoms with van der Waals surface area (Å²) >= 11 is 1.64. The third-order valence-electron chi connectivity index (χ3n) is 5.55. The van der Waals surface area contributed by atoms with Gasteiger partial charge in [0, 0.05) is 35.3 Å². The van der Waals surface area contributed by atoms with Crippen LogP contribution in [0.4, 0.5) is 0 Å². The molecule has 0 bridgehead atoms. The summed E-state index contributed by atoms with van der Waals surface area (Å²) in [5.41, 5.74) is 5.91. The second kappa shape index (κ2) is 9.80. The highest BCUT2D eigenvalue weighted by Crippen LogP contribution is 2.33. The first-order valence-corrected chi connectivity index (χ1v) is 11.8. The smallest absolute Gasteiger partial charge is 0.230 e. The van der Waals surface area contributed by atoms with E-state index in [0.29, 0.717) is 13.0 Å². The van der Waals surface area contributed by atoms with Gasteiger partial charge in [0.2, 0.25) is 6.41 Å². The quantitative estimate of drug-likeness (QED) is 0.176. The predicted molar refractivity (Wildman–Crippen MR) is 136 cm³/mol. The van der Waals surface area contributed by atoms with Crippen molar-refractivity contribution in [3.05, 3.63) is 113 Å². The van der Waals surface area contributed by atoms with E-state index < -0.39 is 0 Å². The van der Waals surface area contributed by atoms with Crippen molar-refractivity contribution < 1.29 is 4.79 Å². The number of hydrazone groups is 1. The predicted octanol–water partition coefficient (Wildman–Crippen LogP) is 5.37. The van der Waals surface area contributed by atoms with Gasteiger partial charge in [-0.25, -0.2) is 9.99 Å². The minimum absolute atomic E-state index is 0.413. The highest BCUT2D eigenvalue weighted by Gasteiger charge is 2.19. The molecule has 0 aliphatic carbocycles. The topological polar surface area (TPSA) is 63.4 Å². The lowest BCUT2D eigenvalue weighted by Gasteiger charge is -2.11. The summed E-state index contributed by atoms with van der Waals surface area (Å²) in [6, 6.07) is 25.9. The molecule has 168 valence electrons. The number of aromatic nitrogens is 3. The maximum atomic E-state index is 11.7. The number of para-hydroxylation sites is 1. The SMILES string of the molecule is Cc1c(/C=N\N(C=O)Cc2ccccc2)c2sc(Cc3ccccn3)nc2n1-c1ccccc1. The third-order valence-corrected chi connectivity index (χ3v) is 6.63. The van der Waals surface area contributed by atoms with E-state index in [9.17, 15) is 4.79 Å². The van der Waals surface area contributed by atoms with Crippen molar-refractivity contribution in [3.8, 4) is 5.69 Å². The third kappa shape index (κ3) is 4.51. The van der Waals surface area contributed by atoms with Gasteiger partial charge in [0.15, 0.2) is 5.65 Å². The summed E-state index contributed by atoms with van der Waals surface area (Å²) in [6.45, 7) is 2.47. The van der Waals surface area contributed by atoms with Gasteiger partial charge in [-0.3, -0.25) is 14.3 Å². The first kappa shape index (κ1) is 21.7. The lowest BCUT2D eigenvalue weighted by Crippen LogP contribution is -2.14. The van der Waals surface area contributed by atoms with E-state index in [1.54, 1.807) is 23.7 Å². The van der Waals surface area contributed by atoms with Crippen LogP contribution < -0.4 is 0 Å². The molecular formula is C27H23N5OS. The number of hydrogen-bond donors (Lipinski definition) is 0. The number of rotatable bonds is 8. The summed E-state index contributed by atoms with van der Waals surface area (Å²) in [5, 5.41) is 6.91. The molecule has 0 saturated carbocycles. The van der Waals surface area contributed by atoms with Gasteiger partial charge in [0.25, 0.3) is 0 Å². The van der Waals surface area contributed by atoms with Crippen LogP contribution in [-0.2, 0) is 17.8 Å². The lowest BCUT2D eigenvalue weighted by atomic mass is 10.2. The number of fused-ring (bicyclic) bond motifs is 1. The minimum atomic E-state index is 0.413. The Kier molecular flexibility index (Phi) is 6.27. The highest BCUT2D eigenvalue weighted by atomic mass is 32.1. The molecule has 0 unspecified atom stereocenters.